The predicted molar refractivity (Wildman–Crippen MR) is 59.6 cm³/mol. The second-order valence-electron chi connectivity index (χ2n) is 4.56. The number of hydrogen-bond acceptors (Lipinski definition) is 0. The molecule has 1 saturated carbocycles. The normalized spacial score (nSPS) is 21.0. The van der Waals surface area contributed by atoms with Crippen LogP contribution in [0.15, 0.2) is 0 Å². The van der Waals surface area contributed by atoms with E-state index in [0.29, 0.717) is 0 Å². The molecular weight excluding hydrogens is 156 g/mol. The molecule has 1 aliphatic carbocycles. The van der Waals surface area contributed by atoms with Gasteiger partial charge in [-0.1, -0.05) is 77.6 Å². The van der Waals surface area contributed by atoms with Crippen LogP contribution in [0, 0.1) is 12.8 Å². The van der Waals surface area contributed by atoms with Crippen molar-refractivity contribution in [3.63, 3.8) is 0 Å². The highest BCUT2D eigenvalue weighted by Gasteiger charge is 2.10. The fourth-order valence-electron chi connectivity index (χ4n) is 2.44. The lowest BCUT2D eigenvalue weighted by Gasteiger charge is -2.19. The molecule has 0 aromatic heterocycles. The quantitative estimate of drug-likeness (QED) is 0.549. The maximum absolute atomic E-state index is 3.90. The Morgan fingerprint density at radius 2 is 1.46 bits per heavy atom. The molecule has 77 valence electrons. The molecule has 0 heterocycles. The van der Waals surface area contributed by atoms with E-state index in [1.165, 1.54) is 64.2 Å². The van der Waals surface area contributed by atoms with Gasteiger partial charge >= 0.3 is 0 Å². The first kappa shape index (κ1) is 11.1. The van der Waals surface area contributed by atoms with Gasteiger partial charge in [0, 0.05) is 0 Å². The van der Waals surface area contributed by atoms with Crippen LogP contribution >= 0.6 is 0 Å². The molecule has 1 aliphatic rings. The molecule has 1 radical (unpaired) electrons. The first-order chi connectivity index (χ1) is 6.43. The maximum atomic E-state index is 3.90. The Morgan fingerprint density at radius 1 is 0.846 bits per heavy atom. The lowest BCUT2D eigenvalue weighted by molar-refractivity contribution is 0.349. The highest BCUT2D eigenvalue weighted by Crippen LogP contribution is 2.26. The molecule has 1 fully saturated rings. The minimum Gasteiger partial charge on any atom is -0.0533 e. The Hall–Kier alpha value is 0. The topological polar surface area (TPSA) is 0 Å². The van der Waals surface area contributed by atoms with E-state index in [2.05, 4.69) is 6.92 Å². The summed E-state index contributed by atoms with van der Waals surface area (Å²) in [5.41, 5.74) is 0. The lowest BCUT2D eigenvalue weighted by atomic mass is 9.87. The summed E-state index contributed by atoms with van der Waals surface area (Å²) in [6.45, 7) is 3.90. The van der Waals surface area contributed by atoms with Crippen LogP contribution in [-0.2, 0) is 0 Å². The van der Waals surface area contributed by atoms with Crippen LogP contribution in [0.2, 0.25) is 0 Å². The first-order valence-electron chi connectivity index (χ1n) is 6.22. The Morgan fingerprint density at radius 3 is 2.08 bits per heavy atom. The van der Waals surface area contributed by atoms with Gasteiger partial charge in [0.15, 0.2) is 0 Å². The Balaban J connectivity index is 2.06. The summed E-state index contributed by atoms with van der Waals surface area (Å²) < 4.78 is 0. The molecule has 0 nitrogen and oxygen atoms in total. The van der Waals surface area contributed by atoms with E-state index in [1.807, 2.05) is 0 Å². The van der Waals surface area contributed by atoms with Crippen LogP contribution < -0.4 is 0 Å². The summed E-state index contributed by atoms with van der Waals surface area (Å²) in [5.74, 6) is 1.06. The third-order valence-electron chi connectivity index (χ3n) is 3.34. The van der Waals surface area contributed by atoms with Crippen molar-refractivity contribution >= 4 is 0 Å². The van der Waals surface area contributed by atoms with Crippen LogP contribution in [0.3, 0.4) is 0 Å². The SMILES string of the molecule is [CH2]CCCCC1CCCCCCC1. The summed E-state index contributed by atoms with van der Waals surface area (Å²) in [4.78, 5) is 0. The minimum atomic E-state index is 1.06. The zero-order chi connectivity index (χ0) is 9.36. The van der Waals surface area contributed by atoms with Gasteiger partial charge in [0.2, 0.25) is 0 Å². The van der Waals surface area contributed by atoms with Crippen LogP contribution in [0.1, 0.15) is 70.6 Å². The van der Waals surface area contributed by atoms with E-state index in [4.69, 9.17) is 0 Å². The van der Waals surface area contributed by atoms with Crippen LogP contribution in [-0.4, -0.2) is 0 Å². The van der Waals surface area contributed by atoms with Gasteiger partial charge in [0.1, 0.15) is 0 Å². The number of hydrogen-bond donors (Lipinski definition) is 0. The summed E-state index contributed by atoms with van der Waals surface area (Å²) in [6.07, 6.45) is 15.9. The molecule has 0 aromatic carbocycles. The van der Waals surface area contributed by atoms with Crippen LogP contribution in [0.5, 0.6) is 0 Å². The van der Waals surface area contributed by atoms with Gasteiger partial charge < -0.3 is 0 Å². The van der Waals surface area contributed by atoms with Gasteiger partial charge in [0.05, 0.1) is 0 Å². The van der Waals surface area contributed by atoms with Gasteiger partial charge in [-0.25, -0.2) is 0 Å². The molecule has 1 rings (SSSR count). The van der Waals surface area contributed by atoms with Gasteiger partial charge in [-0.05, 0) is 5.92 Å². The largest absolute Gasteiger partial charge is 0.0533 e. The molecule has 0 aliphatic heterocycles. The molecule has 0 unspecified atom stereocenters. The molecular formula is C13H25. The second-order valence-corrected chi connectivity index (χ2v) is 4.56. The average molecular weight is 181 g/mol. The second kappa shape index (κ2) is 7.41. The Kier molecular flexibility index (Phi) is 6.31. The van der Waals surface area contributed by atoms with Crippen molar-refractivity contribution in [1.29, 1.82) is 0 Å². The summed E-state index contributed by atoms with van der Waals surface area (Å²) in [5, 5.41) is 0. The Labute approximate surface area is 84.1 Å². The van der Waals surface area contributed by atoms with Crippen molar-refractivity contribution in [3.8, 4) is 0 Å². The molecule has 0 spiro atoms. The van der Waals surface area contributed by atoms with Crippen molar-refractivity contribution in [2.24, 2.45) is 5.92 Å². The van der Waals surface area contributed by atoms with Gasteiger partial charge in [-0.2, -0.15) is 0 Å². The summed E-state index contributed by atoms with van der Waals surface area (Å²) in [7, 11) is 0. The van der Waals surface area contributed by atoms with Gasteiger partial charge in [-0.3, -0.25) is 0 Å². The summed E-state index contributed by atoms with van der Waals surface area (Å²) >= 11 is 0. The molecule has 0 amide bonds. The van der Waals surface area contributed by atoms with Gasteiger partial charge in [0.25, 0.3) is 0 Å². The minimum absolute atomic E-state index is 1.06. The third-order valence-corrected chi connectivity index (χ3v) is 3.34. The molecule has 0 atom stereocenters. The smallest absolute Gasteiger partial charge is 0.0414 e. The fraction of sp³-hybridized carbons (Fsp3) is 0.923. The van der Waals surface area contributed by atoms with Crippen molar-refractivity contribution in [3.05, 3.63) is 6.92 Å². The van der Waals surface area contributed by atoms with Crippen LogP contribution in [0.4, 0.5) is 0 Å². The van der Waals surface area contributed by atoms with Crippen molar-refractivity contribution < 1.29 is 0 Å². The highest BCUT2D eigenvalue weighted by molar-refractivity contribution is 4.64. The molecule has 0 bridgehead atoms. The average Bonchev–Trinajstić information content (AvgIpc) is 2.08. The maximum Gasteiger partial charge on any atom is -0.0414 e. The zero-order valence-electron chi connectivity index (χ0n) is 9.06. The fourth-order valence-corrected chi connectivity index (χ4v) is 2.44. The molecule has 13 heavy (non-hydrogen) atoms. The Bertz CT molecular complexity index is 98.6. The first-order valence-corrected chi connectivity index (χ1v) is 6.22. The van der Waals surface area contributed by atoms with E-state index in [9.17, 15) is 0 Å². The molecule has 0 heteroatoms. The van der Waals surface area contributed by atoms with E-state index < -0.39 is 0 Å². The van der Waals surface area contributed by atoms with Gasteiger partial charge in [-0.15, -0.1) is 0 Å². The molecule has 0 N–H and O–H groups in total. The van der Waals surface area contributed by atoms with E-state index in [-0.39, 0.29) is 0 Å². The zero-order valence-corrected chi connectivity index (χ0v) is 9.06. The standard InChI is InChI=1S/C13H25/c1-2-3-7-10-13-11-8-5-4-6-9-12-13/h13H,1-12H2. The van der Waals surface area contributed by atoms with E-state index in [0.717, 1.165) is 12.3 Å². The predicted octanol–water partition coefficient (Wildman–Crippen LogP) is 4.74. The van der Waals surface area contributed by atoms with Crippen LogP contribution in [0.25, 0.3) is 0 Å². The monoisotopic (exact) mass is 181 g/mol. The van der Waals surface area contributed by atoms with E-state index in [1.54, 1.807) is 0 Å². The number of unbranched alkanes of at least 4 members (excludes halogenated alkanes) is 2. The lowest BCUT2D eigenvalue weighted by Crippen LogP contribution is -2.03. The number of rotatable bonds is 4. The van der Waals surface area contributed by atoms with Crippen molar-refractivity contribution in [2.45, 2.75) is 70.6 Å². The third kappa shape index (κ3) is 5.33. The van der Waals surface area contributed by atoms with Crippen molar-refractivity contribution in [2.75, 3.05) is 0 Å². The molecule has 0 aromatic rings. The van der Waals surface area contributed by atoms with E-state index >= 15 is 0 Å². The van der Waals surface area contributed by atoms with Crippen molar-refractivity contribution in [1.82, 2.24) is 0 Å². The highest BCUT2D eigenvalue weighted by atomic mass is 14.2. The summed E-state index contributed by atoms with van der Waals surface area (Å²) in [6, 6.07) is 0. The molecule has 0 saturated heterocycles.